The Morgan fingerprint density at radius 2 is 1.83 bits per heavy atom. The minimum absolute atomic E-state index is 0.0300. The summed E-state index contributed by atoms with van der Waals surface area (Å²) < 4.78 is 1.20. The molecule has 0 spiro atoms. The lowest BCUT2D eigenvalue weighted by atomic mass is 9.97. The summed E-state index contributed by atoms with van der Waals surface area (Å²) >= 11 is 5.87. The molecule has 0 aliphatic rings. The fourth-order valence-electron chi connectivity index (χ4n) is 3.12. The summed E-state index contributed by atoms with van der Waals surface area (Å²) in [6.07, 6.45) is -0.278. The summed E-state index contributed by atoms with van der Waals surface area (Å²) in [7, 11) is 0. The van der Waals surface area contributed by atoms with Crippen LogP contribution in [0.3, 0.4) is 0 Å². The Bertz CT molecular complexity index is 1060. The maximum atomic E-state index is 12.7. The van der Waals surface area contributed by atoms with E-state index in [-0.39, 0.29) is 18.0 Å². The van der Waals surface area contributed by atoms with Crippen molar-refractivity contribution in [1.29, 1.82) is 0 Å². The van der Waals surface area contributed by atoms with E-state index in [2.05, 4.69) is 10.4 Å². The maximum absolute atomic E-state index is 12.7. The van der Waals surface area contributed by atoms with E-state index in [0.29, 0.717) is 16.3 Å². The Morgan fingerprint density at radius 1 is 1.14 bits per heavy atom. The van der Waals surface area contributed by atoms with Crippen molar-refractivity contribution in [3.63, 3.8) is 0 Å². The van der Waals surface area contributed by atoms with Gasteiger partial charge in [0.05, 0.1) is 18.2 Å². The van der Waals surface area contributed by atoms with E-state index in [1.807, 2.05) is 32.0 Å². The quantitative estimate of drug-likeness (QED) is 0.570. The van der Waals surface area contributed by atoms with Crippen LogP contribution in [0.1, 0.15) is 39.6 Å². The molecule has 0 bridgehead atoms. The van der Waals surface area contributed by atoms with Crippen molar-refractivity contribution in [1.82, 2.24) is 15.1 Å². The summed E-state index contributed by atoms with van der Waals surface area (Å²) in [5, 5.41) is 26.8. The van der Waals surface area contributed by atoms with Crippen LogP contribution < -0.4 is 5.32 Å². The summed E-state index contributed by atoms with van der Waals surface area (Å²) in [5.41, 5.74) is 3.14. The zero-order chi connectivity index (χ0) is 21.1. The van der Waals surface area contributed by atoms with Gasteiger partial charge in [-0.05, 0) is 49.2 Å². The van der Waals surface area contributed by atoms with Crippen LogP contribution in [0.4, 0.5) is 0 Å². The number of aromatic nitrogens is 2. The molecule has 1 heterocycles. The predicted octanol–water partition coefficient (Wildman–Crippen LogP) is 3.79. The molecule has 7 nitrogen and oxygen atoms in total. The van der Waals surface area contributed by atoms with Gasteiger partial charge in [0.1, 0.15) is 0 Å². The van der Waals surface area contributed by atoms with E-state index >= 15 is 0 Å². The monoisotopic (exact) mass is 413 g/mol. The minimum atomic E-state index is -1.04. The molecular weight excluding hydrogens is 394 g/mol. The third-order valence-electron chi connectivity index (χ3n) is 4.48. The van der Waals surface area contributed by atoms with Crippen molar-refractivity contribution in [3.05, 3.63) is 75.9 Å². The van der Waals surface area contributed by atoms with Gasteiger partial charge in [0.2, 0.25) is 5.88 Å². The fourth-order valence-corrected chi connectivity index (χ4v) is 3.24. The molecule has 2 aromatic carbocycles. The van der Waals surface area contributed by atoms with Gasteiger partial charge in [0.25, 0.3) is 5.91 Å². The van der Waals surface area contributed by atoms with Crippen molar-refractivity contribution in [2.24, 2.45) is 0 Å². The molecule has 1 aromatic heterocycles. The summed E-state index contributed by atoms with van der Waals surface area (Å²) in [6, 6.07) is 12.7. The van der Waals surface area contributed by atoms with E-state index in [0.717, 1.165) is 11.1 Å². The molecule has 29 heavy (non-hydrogen) atoms. The zero-order valence-corrected chi connectivity index (χ0v) is 16.6. The highest BCUT2D eigenvalue weighted by molar-refractivity contribution is 6.30. The van der Waals surface area contributed by atoms with Crippen LogP contribution in [0, 0.1) is 13.8 Å². The first kappa shape index (κ1) is 20.4. The van der Waals surface area contributed by atoms with Crippen molar-refractivity contribution in [2.75, 3.05) is 0 Å². The van der Waals surface area contributed by atoms with Crippen molar-refractivity contribution in [2.45, 2.75) is 26.3 Å². The highest BCUT2D eigenvalue weighted by Crippen LogP contribution is 2.24. The molecule has 0 saturated carbocycles. The number of aromatic hydroxyl groups is 1. The number of hydrogen-bond donors (Lipinski definition) is 3. The van der Waals surface area contributed by atoms with Crippen LogP contribution in [-0.2, 0) is 4.79 Å². The minimum Gasteiger partial charge on any atom is -0.493 e. The SMILES string of the molecule is Cc1ccc(C(CC(=O)O)NC(=O)c2cc(O)n(-c3ccc(Cl)cc3)n2)c(C)c1. The molecular formula is C21H20ClN3O4. The number of nitrogens with zero attached hydrogens (tertiary/aromatic N) is 2. The van der Waals surface area contributed by atoms with Crippen molar-refractivity contribution >= 4 is 23.5 Å². The molecule has 0 fully saturated rings. The average Bonchev–Trinajstić information content (AvgIpc) is 3.03. The number of carbonyl (C=O) groups excluding carboxylic acids is 1. The number of carbonyl (C=O) groups is 2. The van der Waals surface area contributed by atoms with Crippen molar-refractivity contribution in [3.8, 4) is 11.6 Å². The van der Waals surface area contributed by atoms with Gasteiger partial charge < -0.3 is 15.5 Å². The Morgan fingerprint density at radius 3 is 2.45 bits per heavy atom. The summed E-state index contributed by atoms with van der Waals surface area (Å²) in [6.45, 7) is 3.80. The van der Waals surface area contributed by atoms with E-state index in [4.69, 9.17) is 11.6 Å². The number of carboxylic acids is 1. The molecule has 3 N–H and O–H groups in total. The molecule has 150 valence electrons. The lowest BCUT2D eigenvalue weighted by molar-refractivity contribution is -0.137. The topological polar surface area (TPSA) is 104 Å². The van der Waals surface area contributed by atoms with Crippen LogP contribution in [0.2, 0.25) is 5.02 Å². The predicted molar refractivity (Wildman–Crippen MR) is 109 cm³/mol. The maximum Gasteiger partial charge on any atom is 0.305 e. The molecule has 0 radical (unpaired) electrons. The Hall–Kier alpha value is -3.32. The molecule has 1 unspecified atom stereocenters. The molecule has 0 aliphatic carbocycles. The van der Waals surface area contributed by atoms with Gasteiger partial charge >= 0.3 is 5.97 Å². The molecule has 3 aromatic rings. The van der Waals surface area contributed by atoms with E-state index in [1.165, 1.54) is 10.7 Å². The van der Waals surface area contributed by atoms with Gasteiger partial charge in [0.15, 0.2) is 5.69 Å². The van der Waals surface area contributed by atoms with Crippen LogP contribution in [-0.4, -0.2) is 31.9 Å². The van der Waals surface area contributed by atoms with Crippen LogP contribution in [0.15, 0.2) is 48.5 Å². The fraction of sp³-hybridized carbons (Fsp3) is 0.190. The third kappa shape index (κ3) is 4.75. The number of rotatable bonds is 6. The third-order valence-corrected chi connectivity index (χ3v) is 4.73. The number of nitrogens with one attached hydrogen (secondary N) is 1. The van der Waals surface area contributed by atoms with E-state index in [1.54, 1.807) is 24.3 Å². The lowest BCUT2D eigenvalue weighted by Crippen LogP contribution is -2.31. The average molecular weight is 414 g/mol. The smallest absolute Gasteiger partial charge is 0.305 e. The van der Waals surface area contributed by atoms with Crippen LogP contribution in [0.5, 0.6) is 5.88 Å². The van der Waals surface area contributed by atoms with Gasteiger partial charge in [-0.25, -0.2) is 4.68 Å². The number of aliphatic carboxylic acids is 1. The number of benzene rings is 2. The molecule has 3 rings (SSSR count). The Balaban J connectivity index is 1.87. The largest absolute Gasteiger partial charge is 0.493 e. The zero-order valence-electron chi connectivity index (χ0n) is 15.9. The standard InChI is InChI=1S/C21H20ClN3O4/c1-12-3-8-16(13(2)9-12)17(11-20(27)28)23-21(29)18-10-19(26)25(24-18)15-6-4-14(22)5-7-15/h3-10,17,26H,11H2,1-2H3,(H,23,29)(H,27,28). The molecule has 1 amide bonds. The highest BCUT2D eigenvalue weighted by atomic mass is 35.5. The van der Waals surface area contributed by atoms with Crippen molar-refractivity contribution < 1.29 is 19.8 Å². The molecule has 8 heteroatoms. The summed E-state index contributed by atoms with van der Waals surface area (Å²) in [4.78, 5) is 24.1. The van der Waals surface area contributed by atoms with Gasteiger partial charge in [-0.2, -0.15) is 5.10 Å². The van der Waals surface area contributed by atoms with Crippen LogP contribution in [0.25, 0.3) is 5.69 Å². The van der Waals surface area contributed by atoms with Gasteiger partial charge in [-0.3, -0.25) is 9.59 Å². The van der Waals surface area contributed by atoms with Gasteiger partial charge in [-0.1, -0.05) is 35.4 Å². The number of hydrogen-bond acceptors (Lipinski definition) is 4. The second-order valence-corrected chi connectivity index (χ2v) is 7.20. The summed E-state index contributed by atoms with van der Waals surface area (Å²) in [5.74, 6) is -1.84. The number of carboxylic acid groups (broad SMARTS) is 1. The number of aryl methyl sites for hydroxylation is 2. The van der Waals surface area contributed by atoms with E-state index < -0.39 is 17.9 Å². The number of amides is 1. The molecule has 0 aliphatic heterocycles. The highest BCUT2D eigenvalue weighted by Gasteiger charge is 2.23. The molecule has 0 saturated heterocycles. The number of halogens is 1. The van der Waals surface area contributed by atoms with E-state index in [9.17, 15) is 19.8 Å². The Kier molecular flexibility index (Phi) is 5.89. The first-order valence-electron chi connectivity index (χ1n) is 8.89. The second kappa shape index (κ2) is 8.36. The normalized spacial score (nSPS) is 11.8. The van der Waals surface area contributed by atoms with Crippen LogP contribution >= 0.6 is 11.6 Å². The lowest BCUT2D eigenvalue weighted by Gasteiger charge is -2.19. The first-order chi connectivity index (χ1) is 13.7. The molecule has 1 atom stereocenters. The Labute approximate surface area is 172 Å². The van der Waals surface area contributed by atoms with Gasteiger partial charge in [-0.15, -0.1) is 0 Å². The van der Waals surface area contributed by atoms with Gasteiger partial charge in [0, 0.05) is 11.1 Å². The second-order valence-electron chi connectivity index (χ2n) is 6.76. The first-order valence-corrected chi connectivity index (χ1v) is 9.27.